The van der Waals surface area contributed by atoms with Gasteiger partial charge in [-0.05, 0) is 41.6 Å². The lowest BCUT2D eigenvalue weighted by atomic mass is 10.4. The third-order valence-corrected chi connectivity index (χ3v) is 3.96. The normalized spacial score (nSPS) is 19.4. The molecule has 0 radical (unpaired) electrons. The molecule has 4 rings (SSSR count). The minimum Gasteiger partial charge on any atom is -0.310 e. The standard InChI is InChI=1S/C12H14BrN5/c13-9-5-14-17(6-9)7-11-15-16-12(8-1-2-8)18(11)10-3-4-10/h5-6,8,10H,1-4,7H2. The van der Waals surface area contributed by atoms with Crippen LogP contribution >= 0.6 is 15.9 Å². The molecule has 2 heterocycles. The first-order valence-electron chi connectivity index (χ1n) is 6.43. The molecule has 2 aromatic rings. The highest BCUT2D eigenvalue weighted by atomic mass is 79.9. The number of rotatable bonds is 4. The van der Waals surface area contributed by atoms with Gasteiger partial charge in [0, 0.05) is 18.2 Å². The molecular weight excluding hydrogens is 294 g/mol. The lowest BCUT2D eigenvalue weighted by Gasteiger charge is -2.08. The van der Waals surface area contributed by atoms with Crippen LogP contribution in [-0.2, 0) is 6.54 Å². The first-order chi connectivity index (χ1) is 8.81. The van der Waals surface area contributed by atoms with Crippen molar-refractivity contribution >= 4 is 15.9 Å². The lowest BCUT2D eigenvalue weighted by molar-refractivity contribution is 0.586. The summed E-state index contributed by atoms with van der Waals surface area (Å²) in [4.78, 5) is 0. The Morgan fingerprint density at radius 2 is 2.06 bits per heavy atom. The summed E-state index contributed by atoms with van der Waals surface area (Å²) >= 11 is 3.42. The van der Waals surface area contributed by atoms with E-state index >= 15 is 0 Å². The van der Waals surface area contributed by atoms with Crippen molar-refractivity contribution in [3.63, 3.8) is 0 Å². The molecule has 0 N–H and O–H groups in total. The van der Waals surface area contributed by atoms with E-state index in [2.05, 4.69) is 35.8 Å². The maximum absolute atomic E-state index is 4.40. The van der Waals surface area contributed by atoms with Crippen LogP contribution in [0.1, 0.15) is 49.3 Å². The molecule has 2 aliphatic carbocycles. The summed E-state index contributed by atoms with van der Waals surface area (Å²) in [5.74, 6) is 2.92. The quantitative estimate of drug-likeness (QED) is 0.872. The van der Waals surface area contributed by atoms with Gasteiger partial charge in [0.15, 0.2) is 5.82 Å². The second kappa shape index (κ2) is 3.91. The molecule has 0 saturated heterocycles. The molecule has 0 unspecified atom stereocenters. The van der Waals surface area contributed by atoms with E-state index in [4.69, 9.17) is 0 Å². The molecule has 2 aliphatic rings. The second-order valence-corrected chi connectivity index (χ2v) is 6.12. The summed E-state index contributed by atoms with van der Waals surface area (Å²) < 4.78 is 5.28. The number of hydrogen-bond acceptors (Lipinski definition) is 3. The Morgan fingerprint density at radius 1 is 1.22 bits per heavy atom. The summed E-state index contributed by atoms with van der Waals surface area (Å²) in [5, 5.41) is 13.1. The summed E-state index contributed by atoms with van der Waals surface area (Å²) in [6.07, 6.45) is 8.87. The molecule has 0 aliphatic heterocycles. The predicted molar refractivity (Wildman–Crippen MR) is 69.3 cm³/mol. The Labute approximate surface area is 113 Å². The van der Waals surface area contributed by atoms with Gasteiger partial charge in [-0.25, -0.2) is 0 Å². The average molecular weight is 308 g/mol. The van der Waals surface area contributed by atoms with Crippen molar-refractivity contribution < 1.29 is 0 Å². The van der Waals surface area contributed by atoms with Gasteiger partial charge < -0.3 is 4.57 Å². The fourth-order valence-corrected chi connectivity index (χ4v) is 2.69. The predicted octanol–water partition coefficient (Wildman–Crippen LogP) is 2.50. The maximum Gasteiger partial charge on any atom is 0.155 e. The molecule has 0 amide bonds. The largest absolute Gasteiger partial charge is 0.310 e. The molecule has 6 heteroatoms. The molecule has 94 valence electrons. The highest BCUT2D eigenvalue weighted by molar-refractivity contribution is 9.10. The molecule has 0 bridgehead atoms. The molecule has 0 spiro atoms. The van der Waals surface area contributed by atoms with Gasteiger partial charge in [-0.1, -0.05) is 0 Å². The molecule has 18 heavy (non-hydrogen) atoms. The summed E-state index contributed by atoms with van der Waals surface area (Å²) in [6.45, 7) is 0.710. The zero-order chi connectivity index (χ0) is 12.1. The minimum atomic E-state index is 0.643. The highest BCUT2D eigenvalue weighted by Gasteiger charge is 2.36. The lowest BCUT2D eigenvalue weighted by Crippen LogP contribution is -2.10. The van der Waals surface area contributed by atoms with E-state index in [1.165, 1.54) is 31.5 Å². The molecule has 5 nitrogen and oxygen atoms in total. The van der Waals surface area contributed by atoms with E-state index < -0.39 is 0 Å². The van der Waals surface area contributed by atoms with Crippen molar-refractivity contribution in [3.05, 3.63) is 28.5 Å². The van der Waals surface area contributed by atoms with Crippen molar-refractivity contribution in [2.24, 2.45) is 0 Å². The summed E-state index contributed by atoms with van der Waals surface area (Å²) in [6, 6.07) is 0.643. The highest BCUT2D eigenvalue weighted by Crippen LogP contribution is 2.44. The van der Waals surface area contributed by atoms with Crippen molar-refractivity contribution in [2.45, 2.75) is 44.2 Å². The van der Waals surface area contributed by atoms with Gasteiger partial charge in [0.1, 0.15) is 12.4 Å². The van der Waals surface area contributed by atoms with Crippen LogP contribution in [0.5, 0.6) is 0 Å². The first kappa shape index (κ1) is 10.7. The topological polar surface area (TPSA) is 48.5 Å². The third-order valence-electron chi connectivity index (χ3n) is 3.55. The molecule has 0 atom stereocenters. The van der Waals surface area contributed by atoms with Gasteiger partial charge in [0.05, 0.1) is 10.7 Å². The molecule has 0 aromatic carbocycles. The Hall–Kier alpha value is -1.17. The molecule has 2 fully saturated rings. The van der Waals surface area contributed by atoms with Gasteiger partial charge in [0.25, 0.3) is 0 Å². The van der Waals surface area contributed by atoms with E-state index in [9.17, 15) is 0 Å². The van der Waals surface area contributed by atoms with Crippen LogP contribution in [0.3, 0.4) is 0 Å². The van der Waals surface area contributed by atoms with Gasteiger partial charge in [-0.3, -0.25) is 4.68 Å². The van der Waals surface area contributed by atoms with Crippen LogP contribution in [0, 0.1) is 0 Å². The Balaban J connectivity index is 1.67. The SMILES string of the molecule is Brc1cnn(Cc2nnc(C3CC3)n2C2CC2)c1. The van der Waals surface area contributed by atoms with E-state index in [1.807, 2.05) is 10.9 Å². The van der Waals surface area contributed by atoms with Crippen molar-refractivity contribution in [2.75, 3.05) is 0 Å². The number of nitrogens with zero attached hydrogens (tertiary/aromatic N) is 5. The Bertz CT molecular complexity index is 579. The summed E-state index contributed by atoms with van der Waals surface area (Å²) in [5.41, 5.74) is 0. The zero-order valence-corrected chi connectivity index (χ0v) is 11.5. The van der Waals surface area contributed by atoms with Gasteiger partial charge >= 0.3 is 0 Å². The fraction of sp³-hybridized carbons (Fsp3) is 0.583. The number of halogens is 1. The zero-order valence-electron chi connectivity index (χ0n) is 9.96. The van der Waals surface area contributed by atoms with Crippen LogP contribution in [0.4, 0.5) is 0 Å². The number of hydrogen-bond donors (Lipinski definition) is 0. The van der Waals surface area contributed by atoms with E-state index in [0.29, 0.717) is 18.5 Å². The van der Waals surface area contributed by atoms with Crippen LogP contribution in [0.25, 0.3) is 0 Å². The molecule has 2 aromatic heterocycles. The van der Waals surface area contributed by atoms with E-state index in [1.54, 1.807) is 6.20 Å². The van der Waals surface area contributed by atoms with E-state index in [-0.39, 0.29) is 0 Å². The maximum atomic E-state index is 4.40. The molecule has 2 saturated carbocycles. The average Bonchev–Trinajstić information content (AvgIpc) is 3.27. The Morgan fingerprint density at radius 3 is 2.67 bits per heavy atom. The van der Waals surface area contributed by atoms with Crippen molar-refractivity contribution in [1.29, 1.82) is 0 Å². The monoisotopic (exact) mass is 307 g/mol. The van der Waals surface area contributed by atoms with Crippen LogP contribution < -0.4 is 0 Å². The van der Waals surface area contributed by atoms with Gasteiger partial charge in [0.2, 0.25) is 0 Å². The number of aromatic nitrogens is 5. The van der Waals surface area contributed by atoms with Crippen molar-refractivity contribution in [1.82, 2.24) is 24.5 Å². The van der Waals surface area contributed by atoms with Crippen molar-refractivity contribution in [3.8, 4) is 0 Å². The van der Waals surface area contributed by atoms with Crippen LogP contribution in [0.2, 0.25) is 0 Å². The van der Waals surface area contributed by atoms with Crippen LogP contribution in [0.15, 0.2) is 16.9 Å². The minimum absolute atomic E-state index is 0.643. The van der Waals surface area contributed by atoms with Gasteiger partial charge in [-0.15, -0.1) is 10.2 Å². The summed E-state index contributed by atoms with van der Waals surface area (Å²) in [7, 11) is 0. The van der Waals surface area contributed by atoms with E-state index in [0.717, 1.165) is 10.3 Å². The first-order valence-corrected chi connectivity index (χ1v) is 7.22. The smallest absolute Gasteiger partial charge is 0.155 e. The molecular formula is C12H14BrN5. The second-order valence-electron chi connectivity index (χ2n) is 5.21. The third kappa shape index (κ3) is 1.88. The fourth-order valence-electron chi connectivity index (χ4n) is 2.37. The van der Waals surface area contributed by atoms with Gasteiger partial charge in [-0.2, -0.15) is 5.10 Å². The Kier molecular flexibility index (Phi) is 2.33. The van der Waals surface area contributed by atoms with Crippen LogP contribution in [-0.4, -0.2) is 24.5 Å².